The number of carboxylic acids is 1. The number of aliphatic hydroxyl groups excluding tert-OH is 2. The summed E-state index contributed by atoms with van der Waals surface area (Å²) in [5, 5.41) is 34.9. The van der Waals surface area contributed by atoms with E-state index in [2.05, 4.69) is 28.6 Å². The van der Waals surface area contributed by atoms with Crippen molar-refractivity contribution in [2.24, 2.45) is 5.73 Å². The molecule has 0 aliphatic carbocycles. The van der Waals surface area contributed by atoms with Crippen LogP contribution in [0.2, 0.25) is 0 Å². The first-order valence-corrected chi connectivity index (χ1v) is 10.1. The van der Waals surface area contributed by atoms with Crippen molar-refractivity contribution in [2.45, 2.75) is 43.6 Å². The minimum Gasteiger partial charge on any atom is -0.480 e. The third kappa shape index (κ3) is 8.53. The largest absolute Gasteiger partial charge is 0.480 e. The van der Waals surface area contributed by atoms with Crippen molar-refractivity contribution in [1.82, 2.24) is 16.0 Å². The Bertz CT molecular complexity index is 763. The van der Waals surface area contributed by atoms with Gasteiger partial charge in [-0.3, -0.25) is 14.4 Å². The highest BCUT2D eigenvalue weighted by molar-refractivity contribution is 7.80. The zero-order chi connectivity index (χ0) is 23.6. The molecule has 1 aromatic rings. The summed E-state index contributed by atoms with van der Waals surface area (Å²) < 4.78 is 0. The fourth-order valence-corrected chi connectivity index (χ4v) is 2.79. The van der Waals surface area contributed by atoms with Gasteiger partial charge in [-0.25, -0.2) is 4.79 Å². The molecule has 0 radical (unpaired) electrons. The van der Waals surface area contributed by atoms with Crippen molar-refractivity contribution in [3.63, 3.8) is 0 Å². The number of carboxylic acid groups (broad SMARTS) is 1. The number of benzene rings is 1. The number of carbonyl (C=O) groups excluding carboxylic acids is 3. The molecule has 1 rings (SSSR count). The highest BCUT2D eigenvalue weighted by Crippen LogP contribution is 2.03. The molecule has 0 heterocycles. The lowest BCUT2D eigenvalue weighted by molar-refractivity contribution is -0.142. The highest BCUT2D eigenvalue weighted by atomic mass is 32.1. The van der Waals surface area contributed by atoms with E-state index >= 15 is 0 Å². The average molecular weight is 457 g/mol. The fourth-order valence-electron chi connectivity index (χ4n) is 2.54. The number of thiol groups is 1. The Kier molecular flexibility index (Phi) is 11.0. The predicted molar refractivity (Wildman–Crippen MR) is 114 cm³/mol. The highest BCUT2D eigenvalue weighted by Gasteiger charge is 2.32. The van der Waals surface area contributed by atoms with Crippen LogP contribution in [0.3, 0.4) is 0 Å². The minimum atomic E-state index is -1.51. The van der Waals surface area contributed by atoms with Crippen LogP contribution < -0.4 is 21.7 Å². The second-order valence-corrected chi connectivity index (χ2v) is 7.21. The molecule has 3 amide bonds. The molecule has 0 aliphatic rings. The van der Waals surface area contributed by atoms with E-state index < -0.39 is 60.6 Å². The zero-order valence-electron chi connectivity index (χ0n) is 16.9. The number of aliphatic carboxylic acids is 1. The summed E-state index contributed by atoms with van der Waals surface area (Å²) in [6.07, 6.45) is -1.15. The van der Waals surface area contributed by atoms with Gasteiger partial charge in [-0.15, -0.1) is 0 Å². The Labute approximate surface area is 184 Å². The van der Waals surface area contributed by atoms with Crippen LogP contribution in [0.4, 0.5) is 0 Å². The molecule has 8 N–H and O–H groups in total. The second kappa shape index (κ2) is 12.9. The molecule has 12 heteroatoms. The Hall–Kier alpha value is -2.67. The van der Waals surface area contributed by atoms with E-state index in [0.29, 0.717) is 0 Å². The summed E-state index contributed by atoms with van der Waals surface area (Å²) in [4.78, 5) is 48.1. The number of nitrogens with one attached hydrogen (secondary N) is 3. The van der Waals surface area contributed by atoms with Crippen LogP contribution >= 0.6 is 12.6 Å². The topological polar surface area (TPSA) is 191 Å². The third-order valence-corrected chi connectivity index (χ3v) is 4.68. The molecule has 0 aromatic heterocycles. The predicted octanol–water partition coefficient (Wildman–Crippen LogP) is -2.60. The minimum absolute atomic E-state index is 0.197. The first-order chi connectivity index (χ1) is 14.6. The Morgan fingerprint density at radius 2 is 1.58 bits per heavy atom. The van der Waals surface area contributed by atoms with Crippen molar-refractivity contribution < 1.29 is 34.5 Å². The summed E-state index contributed by atoms with van der Waals surface area (Å²) >= 11 is 3.81. The van der Waals surface area contributed by atoms with Gasteiger partial charge >= 0.3 is 5.97 Å². The summed E-state index contributed by atoms with van der Waals surface area (Å²) in [5.41, 5.74) is 6.68. The lowest BCUT2D eigenvalue weighted by atomic mass is 10.0. The lowest BCUT2D eigenvalue weighted by Crippen LogP contribution is -2.60. The van der Waals surface area contributed by atoms with Gasteiger partial charge in [0.15, 0.2) is 0 Å². The van der Waals surface area contributed by atoms with E-state index in [4.69, 9.17) is 10.8 Å². The quantitative estimate of drug-likeness (QED) is 0.157. The molecular weight excluding hydrogens is 428 g/mol. The van der Waals surface area contributed by atoms with Crippen LogP contribution in [0, 0.1) is 0 Å². The van der Waals surface area contributed by atoms with Gasteiger partial charge in [-0.05, 0) is 18.9 Å². The van der Waals surface area contributed by atoms with Gasteiger partial charge in [-0.1, -0.05) is 30.3 Å². The smallest absolute Gasteiger partial charge is 0.327 e. The molecule has 172 valence electrons. The average Bonchev–Trinajstić information content (AvgIpc) is 2.73. The van der Waals surface area contributed by atoms with E-state index in [9.17, 15) is 29.4 Å². The number of nitrogens with two attached hydrogens (primary N) is 1. The van der Waals surface area contributed by atoms with E-state index in [0.717, 1.165) is 5.56 Å². The molecule has 31 heavy (non-hydrogen) atoms. The zero-order valence-corrected chi connectivity index (χ0v) is 17.8. The number of hydrogen-bond acceptors (Lipinski definition) is 8. The Balaban J connectivity index is 2.77. The van der Waals surface area contributed by atoms with Crippen LogP contribution in [0.15, 0.2) is 30.3 Å². The van der Waals surface area contributed by atoms with Gasteiger partial charge in [0.2, 0.25) is 17.7 Å². The van der Waals surface area contributed by atoms with Crippen LogP contribution in [0.1, 0.15) is 12.5 Å². The molecule has 0 bridgehead atoms. The monoisotopic (exact) mass is 456 g/mol. The maximum Gasteiger partial charge on any atom is 0.327 e. The van der Waals surface area contributed by atoms with E-state index in [1.165, 1.54) is 6.92 Å². The van der Waals surface area contributed by atoms with Crippen molar-refractivity contribution in [3.8, 4) is 0 Å². The van der Waals surface area contributed by atoms with Gasteiger partial charge in [0, 0.05) is 5.75 Å². The summed E-state index contributed by atoms with van der Waals surface area (Å²) in [6.45, 7) is 0.410. The van der Waals surface area contributed by atoms with Crippen LogP contribution in [-0.4, -0.2) is 81.6 Å². The number of carbonyl (C=O) groups is 4. The normalized spacial score (nSPS) is 15.6. The van der Waals surface area contributed by atoms with Gasteiger partial charge in [0.25, 0.3) is 0 Å². The molecule has 11 nitrogen and oxygen atoms in total. The summed E-state index contributed by atoms with van der Waals surface area (Å²) in [7, 11) is 0. The van der Waals surface area contributed by atoms with Crippen LogP contribution in [-0.2, 0) is 25.6 Å². The van der Waals surface area contributed by atoms with Crippen molar-refractivity contribution >= 4 is 36.3 Å². The van der Waals surface area contributed by atoms with Gasteiger partial charge < -0.3 is 37.0 Å². The van der Waals surface area contributed by atoms with Gasteiger partial charge in [0.1, 0.15) is 18.1 Å². The Morgan fingerprint density at radius 1 is 1.00 bits per heavy atom. The van der Waals surface area contributed by atoms with Crippen molar-refractivity contribution in [2.75, 3.05) is 12.4 Å². The van der Waals surface area contributed by atoms with Crippen molar-refractivity contribution in [3.05, 3.63) is 35.9 Å². The molecule has 0 aliphatic heterocycles. The molecule has 1 aromatic carbocycles. The number of aliphatic hydroxyl groups is 2. The maximum atomic E-state index is 12.5. The van der Waals surface area contributed by atoms with E-state index in [-0.39, 0.29) is 12.2 Å². The Morgan fingerprint density at radius 3 is 2.06 bits per heavy atom. The molecule has 0 saturated heterocycles. The van der Waals surface area contributed by atoms with Crippen LogP contribution in [0.25, 0.3) is 0 Å². The second-order valence-electron chi connectivity index (χ2n) is 6.85. The van der Waals surface area contributed by atoms with E-state index in [1.54, 1.807) is 24.3 Å². The maximum absolute atomic E-state index is 12.5. The van der Waals surface area contributed by atoms with Gasteiger partial charge in [0.05, 0.1) is 18.8 Å². The first-order valence-electron chi connectivity index (χ1n) is 9.43. The molecule has 0 spiro atoms. The number of rotatable bonds is 12. The molecular formula is C19H28N4O7S. The van der Waals surface area contributed by atoms with E-state index in [1.807, 2.05) is 6.07 Å². The standard InChI is InChI=1S/C19H28N4O7S/c1-10(25)15(23-16(26)12(20)7-11-5-3-2-4-6-11)18(28)21-13(8-24)17(27)22-14(9-31)19(29)30/h2-6,10,12-15,24-25,31H,7-9,20H2,1H3,(H,21,28)(H,22,27)(H,23,26)(H,29,30)/t10-,12+,13+,14+,15+/m1/s1. The molecule has 5 atom stereocenters. The fraction of sp³-hybridized carbons (Fsp3) is 0.474. The molecule has 0 unspecified atom stereocenters. The lowest BCUT2D eigenvalue weighted by Gasteiger charge is -2.25. The van der Waals surface area contributed by atoms with Crippen LogP contribution in [0.5, 0.6) is 0 Å². The third-order valence-electron chi connectivity index (χ3n) is 4.31. The summed E-state index contributed by atoms with van der Waals surface area (Å²) in [6, 6.07) is 3.65. The molecule has 0 fully saturated rings. The van der Waals surface area contributed by atoms with Gasteiger partial charge in [-0.2, -0.15) is 12.6 Å². The first kappa shape index (κ1) is 26.4. The SMILES string of the molecule is C[C@@H](O)[C@H](NC(=O)[C@@H](N)Cc1ccccc1)C(=O)N[C@@H](CO)C(=O)N[C@@H](CS)C(=O)O. The number of hydrogen-bond donors (Lipinski definition) is 8. The number of amides is 3. The van der Waals surface area contributed by atoms with Crippen molar-refractivity contribution in [1.29, 1.82) is 0 Å². The molecule has 0 saturated carbocycles. The summed E-state index contributed by atoms with van der Waals surface area (Å²) in [5.74, 6) is -4.17.